The highest BCUT2D eigenvalue weighted by Crippen LogP contribution is 2.11. The lowest BCUT2D eigenvalue weighted by Crippen LogP contribution is -2.42. The summed E-state index contributed by atoms with van der Waals surface area (Å²) in [6.07, 6.45) is 2.18. The number of phenolic OH excluding ortho intramolecular Hbond substituents is 1. The van der Waals surface area contributed by atoms with Gasteiger partial charge in [-0.15, -0.1) is 0 Å². The van der Waals surface area contributed by atoms with Gasteiger partial charge >= 0.3 is 5.97 Å². The summed E-state index contributed by atoms with van der Waals surface area (Å²) in [5, 5.41) is 20.8. The van der Waals surface area contributed by atoms with Crippen LogP contribution in [0.3, 0.4) is 0 Å². The zero-order valence-corrected chi connectivity index (χ0v) is 10.9. The molecule has 0 bridgehead atoms. The van der Waals surface area contributed by atoms with E-state index < -0.39 is 12.0 Å². The summed E-state index contributed by atoms with van der Waals surface area (Å²) in [4.78, 5) is 22.7. The standard InChI is InChI=1S/C14H19NO4/c1-2-3-4-13(17)15-12(14(18)19)9-10-5-7-11(16)8-6-10/h5-8,12,16H,2-4,9H2,1H3,(H,15,17)(H,18,19)/t12-/m1/s1. The number of unbranched alkanes of at least 4 members (excludes halogenated alkanes) is 1. The van der Waals surface area contributed by atoms with Crippen LogP contribution in [0.1, 0.15) is 31.7 Å². The third kappa shape index (κ3) is 5.42. The third-order valence-electron chi connectivity index (χ3n) is 2.77. The van der Waals surface area contributed by atoms with Crippen molar-refractivity contribution in [3.05, 3.63) is 29.8 Å². The minimum Gasteiger partial charge on any atom is -0.508 e. The molecule has 1 atom stereocenters. The number of hydrogen-bond acceptors (Lipinski definition) is 3. The Labute approximate surface area is 112 Å². The van der Waals surface area contributed by atoms with Crippen LogP contribution in [0.2, 0.25) is 0 Å². The zero-order chi connectivity index (χ0) is 14.3. The van der Waals surface area contributed by atoms with Crippen LogP contribution in [0.15, 0.2) is 24.3 Å². The number of amides is 1. The molecule has 0 fully saturated rings. The van der Waals surface area contributed by atoms with Crippen molar-refractivity contribution in [3.8, 4) is 5.75 Å². The molecule has 0 heterocycles. The Hall–Kier alpha value is -2.04. The molecular weight excluding hydrogens is 246 g/mol. The Morgan fingerprint density at radius 1 is 1.26 bits per heavy atom. The Bertz CT molecular complexity index is 428. The van der Waals surface area contributed by atoms with E-state index in [4.69, 9.17) is 10.2 Å². The molecule has 0 aliphatic heterocycles. The summed E-state index contributed by atoms with van der Waals surface area (Å²) in [5.74, 6) is -1.17. The molecule has 5 nitrogen and oxygen atoms in total. The molecule has 0 spiro atoms. The predicted molar refractivity (Wildman–Crippen MR) is 70.9 cm³/mol. The van der Waals surface area contributed by atoms with Crippen molar-refractivity contribution < 1.29 is 19.8 Å². The number of aromatic hydroxyl groups is 1. The van der Waals surface area contributed by atoms with Crippen LogP contribution >= 0.6 is 0 Å². The molecule has 0 radical (unpaired) electrons. The van der Waals surface area contributed by atoms with Crippen LogP contribution in [0.5, 0.6) is 5.75 Å². The fourth-order valence-electron chi connectivity index (χ4n) is 1.67. The maximum atomic E-state index is 11.5. The largest absolute Gasteiger partial charge is 0.508 e. The van der Waals surface area contributed by atoms with Crippen LogP contribution < -0.4 is 5.32 Å². The zero-order valence-electron chi connectivity index (χ0n) is 10.9. The molecule has 3 N–H and O–H groups in total. The van der Waals surface area contributed by atoms with E-state index in [1.54, 1.807) is 12.1 Å². The van der Waals surface area contributed by atoms with Gasteiger partial charge in [-0.3, -0.25) is 4.79 Å². The van der Waals surface area contributed by atoms with Crippen LogP contribution in [-0.4, -0.2) is 28.1 Å². The van der Waals surface area contributed by atoms with Gasteiger partial charge in [0.05, 0.1) is 0 Å². The Morgan fingerprint density at radius 2 is 1.89 bits per heavy atom. The van der Waals surface area contributed by atoms with Gasteiger partial charge < -0.3 is 15.5 Å². The average Bonchev–Trinajstić information content (AvgIpc) is 2.38. The van der Waals surface area contributed by atoms with Gasteiger partial charge in [0, 0.05) is 12.8 Å². The highest BCUT2D eigenvalue weighted by Gasteiger charge is 2.19. The number of benzene rings is 1. The van der Waals surface area contributed by atoms with Gasteiger partial charge in [0.15, 0.2) is 0 Å². The maximum Gasteiger partial charge on any atom is 0.326 e. The Kier molecular flexibility index (Phi) is 5.85. The fourth-order valence-corrected chi connectivity index (χ4v) is 1.67. The number of aliphatic carboxylic acids is 1. The van der Waals surface area contributed by atoms with Gasteiger partial charge in [-0.1, -0.05) is 25.5 Å². The number of carboxylic acid groups (broad SMARTS) is 1. The van der Waals surface area contributed by atoms with Crippen molar-refractivity contribution in [1.29, 1.82) is 0 Å². The SMILES string of the molecule is CCCCC(=O)N[C@H](Cc1ccc(O)cc1)C(=O)O. The lowest BCUT2D eigenvalue weighted by atomic mass is 10.1. The first kappa shape index (κ1) is 15.0. The molecule has 1 aromatic carbocycles. The van der Waals surface area contributed by atoms with E-state index in [2.05, 4.69) is 5.32 Å². The van der Waals surface area contributed by atoms with E-state index in [0.29, 0.717) is 6.42 Å². The summed E-state index contributed by atoms with van der Waals surface area (Å²) < 4.78 is 0. The molecule has 0 aliphatic rings. The number of carbonyl (C=O) groups is 2. The second-order valence-electron chi connectivity index (χ2n) is 4.43. The molecule has 1 rings (SSSR count). The number of nitrogens with one attached hydrogen (secondary N) is 1. The van der Waals surface area contributed by atoms with Gasteiger partial charge in [-0.2, -0.15) is 0 Å². The number of phenols is 1. The molecule has 1 amide bonds. The minimum absolute atomic E-state index is 0.127. The molecule has 0 saturated carbocycles. The second kappa shape index (κ2) is 7.41. The van der Waals surface area contributed by atoms with E-state index in [1.807, 2.05) is 6.92 Å². The molecule has 5 heteroatoms. The van der Waals surface area contributed by atoms with E-state index in [-0.39, 0.29) is 18.1 Å². The summed E-state index contributed by atoms with van der Waals surface area (Å²) in [6.45, 7) is 1.97. The van der Waals surface area contributed by atoms with Crippen molar-refractivity contribution in [2.75, 3.05) is 0 Å². The quantitative estimate of drug-likeness (QED) is 0.700. The van der Waals surface area contributed by atoms with Crippen molar-refractivity contribution in [3.63, 3.8) is 0 Å². The monoisotopic (exact) mass is 265 g/mol. The lowest BCUT2D eigenvalue weighted by Gasteiger charge is -2.14. The van der Waals surface area contributed by atoms with Crippen LogP contribution in [0.4, 0.5) is 0 Å². The number of hydrogen-bond donors (Lipinski definition) is 3. The molecule has 104 valence electrons. The van der Waals surface area contributed by atoms with E-state index in [0.717, 1.165) is 18.4 Å². The Morgan fingerprint density at radius 3 is 2.42 bits per heavy atom. The topological polar surface area (TPSA) is 86.6 Å². The summed E-state index contributed by atoms with van der Waals surface area (Å²) in [7, 11) is 0. The summed E-state index contributed by atoms with van der Waals surface area (Å²) in [6, 6.07) is 5.33. The smallest absolute Gasteiger partial charge is 0.326 e. The maximum absolute atomic E-state index is 11.5. The van der Waals surface area contributed by atoms with Gasteiger partial charge in [-0.05, 0) is 24.1 Å². The molecule has 19 heavy (non-hydrogen) atoms. The fraction of sp³-hybridized carbons (Fsp3) is 0.429. The van der Waals surface area contributed by atoms with Crippen LogP contribution in [0.25, 0.3) is 0 Å². The summed E-state index contributed by atoms with van der Waals surface area (Å²) in [5.41, 5.74) is 0.751. The highest BCUT2D eigenvalue weighted by atomic mass is 16.4. The number of carbonyl (C=O) groups excluding carboxylic acids is 1. The normalized spacial score (nSPS) is 11.8. The predicted octanol–water partition coefficient (Wildman–Crippen LogP) is 1.69. The van der Waals surface area contributed by atoms with Crippen molar-refractivity contribution in [2.45, 2.75) is 38.6 Å². The van der Waals surface area contributed by atoms with Gasteiger partial charge in [0.25, 0.3) is 0 Å². The van der Waals surface area contributed by atoms with Crippen LogP contribution in [0, 0.1) is 0 Å². The van der Waals surface area contributed by atoms with Crippen LogP contribution in [-0.2, 0) is 16.0 Å². The first-order valence-electron chi connectivity index (χ1n) is 6.33. The van der Waals surface area contributed by atoms with Gasteiger partial charge in [-0.25, -0.2) is 4.79 Å². The molecule has 0 aliphatic carbocycles. The minimum atomic E-state index is -1.06. The molecule has 0 aromatic heterocycles. The van der Waals surface area contributed by atoms with E-state index in [9.17, 15) is 9.59 Å². The number of rotatable bonds is 7. The lowest BCUT2D eigenvalue weighted by molar-refractivity contribution is -0.141. The van der Waals surface area contributed by atoms with E-state index in [1.165, 1.54) is 12.1 Å². The summed E-state index contributed by atoms with van der Waals surface area (Å²) >= 11 is 0. The van der Waals surface area contributed by atoms with Crippen molar-refractivity contribution in [2.24, 2.45) is 0 Å². The third-order valence-corrected chi connectivity index (χ3v) is 2.77. The molecule has 0 saturated heterocycles. The average molecular weight is 265 g/mol. The molecule has 1 aromatic rings. The Balaban J connectivity index is 2.60. The van der Waals surface area contributed by atoms with Gasteiger partial charge in [0.1, 0.15) is 11.8 Å². The highest BCUT2D eigenvalue weighted by molar-refractivity contribution is 5.83. The number of carboxylic acids is 1. The van der Waals surface area contributed by atoms with Crippen molar-refractivity contribution in [1.82, 2.24) is 5.32 Å². The van der Waals surface area contributed by atoms with Crippen molar-refractivity contribution >= 4 is 11.9 Å². The molecular formula is C14H19NO4. The van der Waals surface area contributed by atoms with E-state index >= 15 is 0 Å². The first-order chi connectivity index (χ1) is 9.02. The molecule has 0 unspecified atom stereocenters. The van der Waals surface area contributed by atoms with Gasteiger partial charge in [0.2, 0.25) is 5.91 Å². The second-order valence-corrected chi connectivity index (χ2v) is 4.43. The first-order valence-corrected chi connectivity index (χ1v) is 6.33.